The number of anilines is 1. The largest absolute Gasteiger partial charge is 0.497 e. The van der Waals surface area contributed by atoms with Gasteiger partial charge in [0.05, 0.1) is 12.8 Å². The second-order valence-corrected chi connectivity index (χ2v) is 9.84. The lowest BCUT2D eigenvalue weighted by Crippen LogP contribution is -2.45. The van der Waals surface area contributed by atoms with Gasteiger partial charge in [-0.2, -0.15) is 0 Å². The minimum absolute atomic E-state index is 0.0119. The first kappa shape index (κ1) is 21.4. The summed E-state index contributed by atoms with van der Waals surface area (Å²) in [5.41, 5.74) is 4.03. The van der Waals surface area contributed by atoms with E-state index >= 15 is 0 Å². The van der Waals surface area contributed by atoms with Gasteiger partial charge < -0.3 is 9.64 Å². The van der Waals surface area contributed by atoms with Crippen LogP contribution in [0.5, 0.6) is 5.75 Å². The third-order valence-corrected chi connectivity index (χ3v) is 7.78. The van der Waals surface area contributed by atoms with Gasteiger partial charge in [0.15, 0.2) is 0 Å². The maximum atomic E-state index is 13.4. The van der Waals surface area contributed by atoms with Crippen LogP contribution in [-0.2, 0) is 12.0 Å². The molecule has 1 spiro atoms. The molecule has 6 nitrogen and oxygen atoms in total. The fraction of sp³-hybridized carbons (Fsp3) is 0.375. The van der Waals surface area contributed by atoms with Gasteiger partial charge in [-0.15, -0.1) is 5.10 Å². The Morgan fingerprint density at radius 3 is 2.72 bits per heavy atom. The number of piperidine rings is 1. The summed E-state index contributed by atoms with van der Waals surface area (Å²) in [4.78, 5) is 18.4. The number of hydrogen-bond acceptors (Lipinski definition) is 6. The average molecular weight is 469 g/mol. The van der Waals surface area contributed by atoms with Crippen LogP contribution in [-0.4, -0.2) is 47.1 Å². The molecule has 2 aliphatic rings. The van der Waals surface area contributed by atoms with Crippen LogP contribution in [0, 0.1) is 6.92 Å². The summed E-state index contributed by atoms with van der Waals surface area (Å²) in [7, 11) is 1.69. The molecule has 0 atom stereocenters. The number of methoxy groups -OCH3 is 1. The molecule has 1 amide bonds. The first-order valence-electron chi connectivity index (χ1n) is 10.8. The minimum atomic E-state index is -0.0730. The zero-order chi connectivity index (χ0) is 22.3. The van der Waals surface area contributed by atoms with Crippen LogP contribution in [0.3, 0.4) is 0 Å². The smallest absolute Gasteiger partial charge is 0.271 e. The summed E-state index contributed by atoms with van der Waals surface area (Å²) in [5, 5.41) is 4.81. The average Bonchev–Trinajstić information content (AvgIpc) is 3.36. The van der Waals surface area contributed by atoms with Gasteiger partial charge in [-0.1, -0.05) is 28.2 Å². The number of likely N-dealkylation sites (tertiary alicyclic amines) is 1. The van der Waals surface area contributed by atoms with Gasteiger partial charge in [-0.25, -0.2) is 0 Å². The highest BCUT2D eigenvalue weighted by Crippen LogP contribution is 2.49. The molecule has 2 aliphatic heterocycles. The van der Waals surface area contributed by atoms with E-state index in [0.29, 0.717) is 17.1 Å². The van der Waals surface area contributed by atoms with Gasteiger partial charge in [0, 0.05) is 29.2 Å². The number of ether oxygens (including phenoxy) is 1. The number of rotatable bonds is 4. The van der Waals surface area contributed by atoms with Crippen molar-refractivity contribution >= 4 is 34.7 Å². The summed E-state index contributed by atoms with van der Waals surface area (Å²) >= 11 is 7.34. The Labute approximate surface area is 196 Å². The van der Waals surface area contributed by atoms with Gasteiger partial charge in [-0.05, 0) is 85.8 Å². The molecular formula is C24H25ClN4O2S. The zero-order valence-electron chi connectivity index (χ0n) is 18.2. The molecule has 1 aromatic heterocycles. The molecule has 0 N–H and O–H groups in total. The maximum absolute atomic E-state index is 13.4. The van der Waals surface area contributed by atoms with E-state index in [0.717, 1.165) is 48.9 Å². The highest BCUT2D eigenvalue weighted by molar-refractivity contribution is 7.08. The first-order chi connectivity index (χ1) is 15.5. The molecule has 1 saturated heterocycles. The Bertz CT molecular complexity index is 1160. The molecule has 5 rings (SSSR count). The molecule has 0 radical (unpaired) electrons. The molecular weight excluding hydrogens is 444 g/mol. The fourth-order valence-electron chi connectivity index (χ4n) is 4.97. The Kier molecular flexibility index (Phi) is 5.65. The van der Waals surface area contributed by atoms with Gasteiger partial charge in [0.25, 0.3) is 5.91 Å². The second kappa shape index (κ2) is 8.46. The van der Waals surface area contributed by atoms with Gasteiger partial charge >= 0.3 is 0 Å². The summed E-state index contributed by atoms with van der Waals surface area (Å²) < 4.78 is 9.49. The van der Waals surface area contributed by atoms with Crippen molar-refractivity contribution in [1.82, 2.24) is 14.5 Å². The van der Waals surface area contributed by atoms with E-state index in [-0.39, 0.29) is 11.3 Å². The molecule has 166 valence electrons. The third-order valence-electron chi connectivity index (χ3n) is 6.73. The lowest BCUT2D eigenvalue weighted by atomic mass is 9.74. The van der Waals surface area contributed by atoms with Crippen molar-refractivity contribution < 1.29 is 9.53 Å². The van der Waals surface area contributed by atoms with Gasteiger partial charge in [0.2, 0.25) is 0 Å². The van der Waals surface area contributed by atoms with Gasteiger partial charge in [0.1, 0.15) is 10.6 Å². The molecule has 8 heteroatoms. The molecule has 3 aromatic rings. The zero-order valence-corrected chi connectivity index (χ0v) is 19.7. The van der Waals surface area contributed by atoms with Crippen molar-refractivity contribution in [3.63, 3.8) is 0 Å². The molecule has 3 heterocycles. The lowest BCUT2D eigenvalue weighted by Gasteiger charge is -2.40. The number of halogens is 1. The molecule has 2 aromatic carbocycles. The maximum Gasteiger partial charge on any atom is 0.271 e. The summed E-state index contributed by atoms with van der Waals surface area (Å²) in [6.45, 7) is 5.33. The van der Waals surface area contributed by atoms with E-state index in [4.69, 9.17) is 16.3 Å². The van der Waals surface area contributed by atoms with Crippen molar-refractivity contribution in [2.75, 3.05) is 31.6 Å². The highest BCUT2D eigenvalue weighted by Gasteiger charge is 2.47. The van der Waals surface area contributed by atoms with Crippen molar-refractivity contribution in [2.24, 2.45) is 0 Å². The predicted octanol–water partition coefficient (Wildman–Crippen LogP) is 4.70. The topological polar surface area (TPSA) is 58.6 Å². The number of nitrogens with zero attached hydrogens (tertiary/aromatic N) is 4. The van der Waals surface area contributed by atoms with Crippen LogP contribution in [0.1, 0.15) is 39.3 Å². The molecule has 0 saturated carbocycles. The molecule has 0 unspecified atom stereocenters. The Morgan fingerprint density at radius 2 is 2.03 bits per heavy atom. The second-order valence-electron chi connectivity index (χ2n) is 8.65. The molecule has 1 fully saturated rings. The third kappa shape index (κ3) is 3.78. The summed E-state index contributed by atoms with van der Waals surface area (Å²) in [5.74, 6) is 0.816. The van der Waals surface area contributed by atoms with Crippen LogP contribution in [0.15, 0.2) is 42.5 Å². The van der Waals surface area contributed by atoms with Crippen LogP contribution >= 0.6 is 23.1 Å². The lowest BCUT2D eigenvalue weighted by molar-refractivity contribution is 0.0978. The van der Waals surface area contributed by atoms with Crippen LogP contribution in [0.4, 0.5) is 5.69 Å². The number of aryl methyl sites for hydroxylation is 1. The quantitative estimate of drug-likeness (QED) is 0.555. The normalized spacial score (nSPS) is 17.5. The molecule has 0 aliphatic carbocycles. The Hall–Kier alpha value is -2.48. The summed E-state index contributed by atoms with van der Waals surface area (Å²) in [6.07, 6.45) is 1.97. The number of benzene rings is 2. The predicted molar refractivity (Wildman–Crippen MR) is 127 cm³/mol. The number of aromatic nitrogens is 2. The number of carbonyl (C=O) groups excluding carboxylic acids is 1. The minimum Gasteiger partial charge on any atom is -0.497 e. The van der Waals surface area contributed by atoms with Crippen molar-refractivity contribution in [3.8, 4) is 5.75 Å². The van der Waals surface area contributed by atoms with E-state index in [1.54, 1.807) is 7.11 Å². The van der Waals surface area contributed by atoms with Crippen molar-refractivity contribution in [1.29, 1.82) is 0 Å². The van der Waals surface area contributed by atoms with Gasteiger partial charge in [-0.3, -0.25) is 9.69 Å². The monoisotopic (exact) mass is 468 g/mol. The van der Waals surface area contributed by atoms with E-state index in [1.165, 1.54) is 22.7 Å². The van der Waals surface area contributed by atoms with E-state index < -0.39 is 0 Å². The van der Waals surface area contributed by atoms with Crippen LogP contribution < -0.4 is 9.64 Å². The van der Waals surface area contributed by atoms with Crippen molar-refractivity contribution in [3.05, 3.63) is 69.2 Å². The number of hydrogen-bond donors (Lipinski definition) is 0. The Balaban J connectivity index is 1.41. The molecule has 32 heavy (non-hydrogen) atoms. The van der Waals surface area contributed by atoms with Crippen LogP contribution in [0.2, 0.25) is 5.02 Å². The number of amides is 1. The highest BCUT2D eigenvalue weighted by atomic mass is 35.5. The first-order valence-corrected chi connectivity index (χ1v) is 11.9. The Morgan fingerprint density at radius 1 is 1.22 bits per heavy atom. The SMILES string of the molecule is COc1ccc2c(c1)C1(CCN(Cc3cccc(Cl)c3)CC1)CN2C(=O)c1snnc1C. The van der Waals surface area contributed by atoms with E-state index in [2.05, 4.69) is 26.6 Å². The van der Waals surface area contributed by atoms with Crippen LogP contribution in [0.25, 0.3) is 0 Å². The van der Waals surface area contributed by atoms with E-state index in [1.807, 2.05) is 42.2 Å². The number of fused-ring (bicyclic) bond motifs is 2. The molecule has 0 bridgehead atoms. The van der Waals surface area contributed by atoms with E-state index in [9.17, 15) is 4.79 Å². The fourth-order valence-corrected chi connectivity index (χ4v) is 5.79. The van der Waals surface area contributed by atoms with Crippen molar-refractivity contribution in [2.45, 2.75) is 31.7 Å². The summed E-state index contributed by atoms with van der Waals surface area (Å²) in [6, 6.07) is 14.1. The standard InChI is InChI=1S/C24H25ClN4O2S/c1-16-22(32-27-26-16)23(30)29-15-24(20-13-19(31-2)6-7-21(20)29)8-10-28(11-9-24)14-17-4-3-5-18(25)12-17/h3-7,12-13H,8-11,14-15H2,1-2H3. The number of carbonyl (C=O) groups is 1.